The minimum Gasteiger partial charge on any atom is -0.395 e. The minimum absolute atomic E-state index is 0.120. The first-order valence-electron chi connectivity index (χ1n) is 12.6. The standard InChI is InChI=1S/C24H44N8O4/c1-7-23(3,4)29-19-17-18(26-21(27-19)31(9-13-33)10-14-34)20(30-24(5,6)8-2)28-22(25-17)32(11-15-35)12-16-36/h33-36H,7-16H2,1-6H3,(H,26,27,29)(H,25,28,30). The quantitative estimate of drug-likeness (QED) is 0.192. The molecule has 0 unspecified atom stereocenters. The van der Waals surface area contributed by atoms with Crippen LogP contribution < -0.4 is 20.4 Å². The number of rotatable bonds is 16. The third kappa shape index (κ3) is 7.73. The monoisotopic (exact) mass is 508 g/mol. The lowest BCUT2D eigenvalue weighted by Gasteiger charge is -2.30. The van der Waals surface area contributed by atoms with Gasteiger partial charge in [-0.3, -0.25) is 0 Å². The summed E-state index contributed by atoms with van der Waals surface area (Å²) >= 11 is 0. The van der Waals surface area contributed by atoms with Crippen LogP contribution in [-0.4, -0.2) is 104 Å². The van der Waals surface area contributed by atoms with Crippen LogP contribution in [0.1, 0.15) is 54.4 Å². The van der Waals surface area contributed by atoms with Crippen molar-refractivity contribution >= 4 is 34.6 Å². The molecule has 0 aliphatic rings. The fourth-order valence-corrected chi connectivity index (χ4v) is 3.37. The van der Waals surface area contributed by atoms with E-state index in [9.17, 15) is 20.4 Å². The van der Waals surface area contributed by atoms with Crippen LogP contribution in [-0.2, 0) is 0 Å². The molecule has 0 amide bonds. The molecule has 2 aromatic rings. The summed E-state index contributed by atoms with van der Waals surface area (Å²) in [5, 5.41) is 45.3. The van der Waals surface area contributed by atoms with E-state index in [-0.39, 0.29) is 63.7 Å². The number of aromatic nitrogens is 4. The van der Waals surface area contributed by atoms with E-state index in [1.807, 2.05) is 0 Å². The second-order valence-corrected chi connectivity index (χ2v) is 10.0. The van der Waals surface area contributed by atoms with Crippen molar-refractivity contribution in [3.63, 3.8) is 0 Å². The summed E-state index contributed by atoms with van der Waals surface area (Å²) < 4.78 is 0. The summed E-state index contributed by atoms with van der Waals surface area (Å²) in [6, 6.07) is 0. The largest absolute Gasteiger partial charge is 0.395 e. The van der Waals surface area contributed by atoms with Gasteiger partial charge in [0.15, 0.2) is 11.6 Å². The highest BCUT2D eigenvalue weighted by molar-refractivity contribution is 5.94. The van der Waals surface area contributed by atoms with Crippen molar-refractivity contribution in [2.24, 2.45) is 0 Å². The maximum atomic E-state index is 9.59. The van der Waals surface area contributed by atoms with Crippen molar-refractivity contribution in [3.8, 4) is 0 Å². The molecule has 6 N–H and O–H groups in total. The zero-order chi connectivity index (χ0) is 26.9. The molecule has 0 aromatic carbocycles. The maximum Gasteiger partial charge on any atom is 0.228 e. The molecule has 0 aliphatic heterocycles. The van der Waals surface area contributed by atoms with Crippen LogP contribution in [0.15, 0.2) is 0 Å². The van der Waals surface area contributed by atoms with E-state index in [0.717, 1.165) is 12.8 Å². The van der Waals surface area contributed by atoms with Gasteiger partial charge in [0.25, 0.3) is 0 Å². The summed E-state index contributed by atoms with van der Waals surface area (Å²) in [4.78, 5) is 22.5. The predicted molar refractivity (Wildman–Crippen MR) is 144 cm³/mol. The average molecular weight is 509 g/mol. The van der Waals surface area contributed by atoms with Gasteiger partial charge in [0.2, 0.25) is 11.9 Å². The summed E-state index contributed by atoms with van der Waals surface area (Å²) in [5.74, 6) is 1.68. The summed E-state index contributed by atoms with van der Waals surface area (Å²) in [6.07, 6.45) is 1.63. The van der Waals surface area contributed by atoms with Gasteiger partial charge in [-0.1, -0.05) is 13.8 Å². The van der Waals surface area contributed by atoms with Gasteiger partial charge in [-0.25, -0.2) is 9.97 Å². The normalized spacial score (nSPS) is 12.2. The second kappa shape index (κ2) is 13.1. The summed E-state index contributed by atoms with van der Waals surface area (Å²) in [7, 11) is 0. The van der Waals surface area contributed by atoms with Gasteiger partial charge in [0, 0.05) is 37.3 Å². The van der Waals surface area contributed by atoms with Crippen molar-refractivity contribution in [2.75, 3.05) is 73.0 Å². The SMILES string of the molecule is CCC(C)(C)Nc1nc(N(CCO)CCO)nc2c(NC(C)(C)CC)nc(N(CCO)CCO)nc12. The van der Waals surface area contributed by atoms with Crippen molar-refractivity contribution < 1.29 is 20.4 Å². The Kier molecular flexibility index (Phi) is 10.8. The summed E-state index contributed by atoms with van der Waals surface area (Å²) in [5.41, 5.74) is 0.366. The van der Waals surface area contributed by atoms with E-state index in [4.69, 9.17) is 19.9 Å². The van der Waals surface area contributed by atoms with Crippen molar-refractivity contribution in [3.05, 3.63) is 0 Å². The number of aliphatic hydroxyl groups is 4. The van der Waals surface area contributed by atoms with E-state index in [1.54, 1.807) is 9.80 Å². The molecule has 2 aromatic heterocycles. The first-order valence-corrected chi connectivity index (χ1v) is 12.6. The number of nitrogens with one attached hydrogen (secondary N) is 2. The van der Waals surface area contributed by atoms with Crippen molar-refractivity contribution in [1.29, 1.82) is 0 Å². The molecule has 12 heteroatoms. The van der Waals surface area contributed by atoms with E-state index in [2.05, 4.69) is 52.2 Å². The molecule has 2 rings (SSSR count). The topological polar surface area (TPSA) is 163 Å². The number of hydrogen-bond acceptors (Lipinski definition) is 12. The Hall–Kier alpha value is -2.54. The van der Waals surface area contributed by atoms with Gasteiger partial charge in [0.05, 0.1) is 26.4 Å². The molecule has 0 fully saturated rings. The highest BCUT2D eigenvalue weighted by Gasteiger charge is 2.26. The second-order valence-electron chi connectivity index (χ2n) is 10.0. The van der Waals surface area contributed by atoms with Crippen molar-refractivity contribution in [2.45, 2.75) is 65.5 Å². The molecule has 0 saturated carbocycles. The van der Waals surface area contributed by atoms with Gasteiger partial charge in [0.1, 0.15) is 11.0 Å². The molecular formula is C24H44N8O4. The van der Waals surface area contributed by atoms with Gasteiger partial charge in [-0.15, -0.1) is 0 Å². The van der Waals surface area contributed by atoms with Gasteiger partial charge >= 0.3 is 0 Å². The van der Waals surface area contributed by atoms with Crippen LogP contribution in [0.5, 0.6) is 0 Å². The van der Waals surface area contributed by atoms with Crippen LogP contribution in [0, 0.1) is 0 Å². The molecule has 0 atom stereocenters. The lowest BCUT2D eigenvalue weighted by molar-refractivity contribution is 0.279. The number of anilines is 4. The Morgan fingerprint density at radius 3 is 1.14 bits per heavy atom. The molecule has 12 nitrogen and oxygen atoms in total. The molecular weight excluding hydrogens is 464 g/mol. The predicted octanol–water partition coefficient (Wildman–Crippen LogP) is 1.20. The van der Waals surface area contributed by atoms with E-state index in [1.165, 1.54) is 0 Å². The molecule has 0 spiro atoms. The molecule has 0 aliphatic carbocycles. The lowest BCUT2D eigenvalue weighted by atomic mass is 10.0. The van der Waals surface area contributed by atoms with E-state index >= 15 is 0 Å². The third-order valence-corrected chi connectivity index (χ3v) is 6.25. The Labute approximate surface area is 213 Å². The first-order chi connectivity index (χ1) is 17.0. The van der Waals surface area contributed by atoms with Crippen LogP contribution in [0.2, 0.25) is 0 Å². The first kappa shape index (κ1) is 29.7. The molecule has 204 valence electrons. The Morgan fingerprint density at radius 2 is 0.889 bits per heavy atom. The Morgan fingerprint density at radius 1 is 0.583 bits per heavy atom. The van der Waals surface area contributed by atoms with Crippen molar-refractivity contribution in [1.82, 2.24) is 19.9 Å². The fourth-order valence-electron chi connectivity index (χ4n) is 3.37. The van der Waals surface area contributed by atoms with Gasteiger partial charge in [-0.2, -0.15) is 9.97 Å². The molecule has 0 saturated heterocycles. The number of aliphatic hydroxyl groups excluding tert-OH is 4. The minimum atomic E-state index is -0.311. The van der Waals surface area contributed by atoms with Gasteiger partial charge in [-0.05, 0) is 40.5 Å². The number of fused-ring (bicyclic) bond motifs is 1. The lowest BCUT2D eigenvalue weighted by Crippen LogP contribution is -2.35. The third-order valence-electron chi connectivity index (χ3n) is 6.25. The highest BCUT2D eigenvalue weighted by Crippen LogP contribution is 2.32. The molecule has 0 bridgehead atoms. The smallest absolute Gasteiger partial charge is 0.228 e. The Balaban J connectivity index is 2.89. The average Bonchev–Trinajstić information content (AvgIpc) is 2.83. The van der Waals surface area contributed by atoms with Crippen LogP contribution >= 0.6 is 0 Å². The zero-order valence-corrected chi connectivity index (χ0v) is 22.5. The zero-order valence-electron chi connectivity index (χ0n) is 22.5. The number of hydrogen-bond donors (Lipinski definition) is 6. The molecule has 0 radical (unpaired) electrons. The van der Waals surface area contributed by atoms with Crippen LogP contribution in [0.3, 0.4) is 0 Å². The molecule has 2 heterocycles. The Bertz CT molecular complexity index is 884. The van der Waals surface area contributed by atoms with Crippen LogP contribution in [0.4, 0.5) is 23.5 Å². The van der Waals surface area contributed by atoms with E-state index in [0.29, 0.717) is 34.6 Å². The fraction of sp³-hybridized carbons (Fsp3) is 0.750. The van der Waals surface area contributed by atoms with Gasteiger partial charge < -0.3 is 40.9 Å². The maximum absolute atomic E-state index is 9.59. The van der Waals surface area contributed by atoms with E-state index < -0.39 is 0 Å². The highest BCUT2D eigenvalue weighted by atomic mass is 16.3. The van der Waals surface area contributed by atoms with Crippen LogP contribution in [0.25, 0.3) is 11.0 Å². The molecule has 36 heavy (non-hydrogen) atoms. The number of nitrogens with zero attached hydrogens (tertiary/aromatic N) is 6. The summed E-state index contributed by atoms with van der Waals surface area (Å²) in [6.45, 7) is 12.9.